The molecular formula is C11H9N3. The van der Waals surface area contributed by atoms with E-state index in [0.29, 0.717) is 0 Å². The second-order valence-electron chi connectivity index (χ2n) is 3.30. The van der Waals surface area contributed by atoms with Crippen LogP contribution in [0.4, 0.5) is 5.69 Å². The lowest BCUT2D eigenvalue weighted by Crippen LogP contribution is -2.30. The predicted molar refractivity (Wildman–Crippen MR) is 56.7 cm³/mol. The SMILES string of the molecule is C1=CN2Cc3ccccc3N=C2C=N1. The van der Waals surface area contributed by atoms with Crippen LogP contribution in [0.1, 0.15) is 5.56 Å². The Morgan fingerprint density at radius 3 is 3.14 bits per heavy atom. The third kappa shape index (κ3) is 1.06. The van der Waals surface area contributed by atoms with Gasteiger partial charge in [0.2, 0.25) is 0 Å². The van der Waals surface area contributed by atoms with Crippen molar-refractivity contribution in [2.24, 2.45) is 9.98 Å². The summed E-state index contributed by atoms with van der Waals surface area (Å²) in [5, 5.41) is 0. The number of rotatable bonds is 0. The molecule has 3 heteroatoms. The Bertz CT molecular complexity index is 457. The molecule has 0 fully saturated rings. The fraction of sp³-hybridized carbons (Fsp3) is 0.0909. The van der Waals surface area contributed by atoms with Gasteiger partial charge < -0.3 is 4.90 Å². The topological polar surface area (TPSA) is 28.0 Å². The van der Waals surface area contributed by atoms with Crippen molar-refractivity contribution in [3.63, 3.8) is 0 Å². The largest absolute Gasteiger partial charge is 0.326 e. The van der Waals surface area contributed by atoms with Crippen LogP contribution in [0, 0.1) is 0 Å². The fourth-order valence-electron chi connectivity index (χ4n) is 1.67. The Morgan fingerprint density at radius 1 is 1.21 bits per heavy atom. The van der Waals surface area contributed by atoms with Gasteiger partial charge in [0.25, 0.3) is 0 Å². The summed E-state index contributed by atoms with van der Waals surface area (Å²) in [6.07, 6.45) is 5.53. The van der Waals surface area contributed by atoms with E-state index >= 15 is 0 Å². The lowest BCUT2D eigenvalue weighted by atomic mass is 10.1. The van der Waals surface area contributed by atoms with Crippen LogP contribution in [0.3, 0.4) is 0 Å². The number of aliphatic imine (C=N–C) groups is 2. The number of benzene rings is 1. The zero-order valence-electron chi connectivity index (χ0n) is 7.59. The van der Waals surface area contributed by atoms with Crippen molar-refractivity contribution in [1.29, 1.82) is 0 Å². The molecular weight excluding hydrogens is 174 g/mol. The third-order valence-corrected chi connectivity index (χ3v) is 2.38. The van der Waals surface area contributed by atoms with Gasteiger partial charge >= 0.3 is 0 Å². The van der Waals surface area contributed by atoms with Crippen LogP contribution in [0.25, 0.3) is 0 Å². The molecule has 68 valence electrons. The monoisotopic (exact) mass is 183 g/mol. The zero-order chi connectivity index (χ0) is 9.38. The normalized spacial score (nSPS) is 17.4. The van der Waals surface area contributed by atoms with Crippen molar-refractivity contribution in [3.05, 3.63) is 42.2 Å². The van der Waals surface area contributed by atoms with Crippen LogP contribution in [0.15, 0.2) is 46.7 Å². The minimum atomic E-state index is 0.886. The average molecular weight is 183 g/mol. The lowest BCUT2D eigenvalue weighted by molar-refractivity contribution is 0.548. The number of para-hydroxylation sites is 1. The molecule has 2 heterocycles. The number of amidine groups is 1. The first-order chi connectivity index (χ1) is 6.93. The van der Waals surface area contributed by atoms with E-state index in [1.165, 1.54) is 5.56 Å². The lowest BCUT2D eigenvalue weighted by Gasteiger charge is -2.26. The van der Waals surface area contributed by atoms with Crippen molar-refractivity contribution in [2.45, 2.75) is 6.54 Å². The van der Waals surface area contributed by atoms with E-state index in [1.807, 2.05) is 24.4 Å². The quantitative estimate of drug-likeness (QED) is 0.605. The molecule has 3 rings (SSSR count). The summed E-state index contributed by atoms with van der Waals surface area (Å²) in [5.74, 6) is 0.922. The summed E-state index contributed by atoms with van der Waals surface area (Å²) in [6, 6.07) is 8.19. The van der Waals surface area contributed by atoms with E-state index in [0.717, 1.165) is 18.1 Å². The van der Waals surface area contributed by atoms with Crippen molar-refractivity contribution < 1.29 is 0 Å². The van der Waals surface area contributed by atoms with Gasteiger partial charge in [-0.2, -0.15) is 0 Å². The van der Waals surface area contributed by atoms with Crippen molar-refractivity contribution in [2.75, 3.05) is 0 Å². The second kappa shape index (κ2) is 2.80. The Balaban J connectivity index is 2.13. The molecule has 2 aliphatic heterocycles. The van der Waals surface area contributed by atoms with Gasteiger partial charge in [-0.05, 0) is 11.6 Å². The van der Waals surface area contributed by atoms with E-state index < -0.39 is 0 Å². The summed E-state index contributed by atoms with van der Waals surface area (Å²) < 4.78 is 0. The number of nitrogens with zero attached hydrogens (tertiary/aromatic N) is 3. The van der Waals surface area contributed by atoms with Gasteiger partial charge in [-0.1, -0.05) is 18.2 Å². The molecule has 0 N–H and O–H groups in total. The highest BCUT2D eigenvalue weighted by Gasteiger charge is 2.16. The molecule has 1 aromatic rings. The summed E-state index contributed by atoms with van der Waals surface area (Å²) >= 11 is 0. The summed E-state index contributed by atoms with van der Waals surface area (Å²) in [6.45, 7) is 0.886. The van der Waals surface area contributed by atoms with E-state index in [4.69, 9.17) is 0 Å². The van der Waals surface area contributed by atoms with Crippen LogP contribution in [-0.2, 0) is 6.54 Å². The van der Waals surface area contributed by atoms with Gasteiger partial charge in [-0.3, -0.25) is 4.99 Å². The van der Waals surface area contributed by atoms with Gasteiger partial charge in [0.05, 0.1) is 18.4 Å². The molecule has 0 spiro atoms. The molecule has 2 aliphatic rings. The van der Waals surface area contributed by atoms with Crippen LogP contribution < -0.4 is 0 Å². The van der Waals surface area contributed by atoms with Gasteiger partial charge in [0, 0.05) is 12.4 Å². The van der Waals surface area contributed by atoms with Crippen molar-refractivity contribution in [3.8, 4) is 0 Å². The molecule has 0 aromatic heterocycles. The summed E-state index contributed by atoms with van der Waals surface area (Å²) in [5.41, 5.74) is 2.32. The molecule has 0 bridgehead atoms. The molecule has 0 aliphatic carbocycles. The van der Waals surface area contributed by atoms with Crippen LogP contribution in [0.2, 0.25) is 0 Å². The third-order valence-electron chi connectivity index (χ3n) is 2.38. The van der Waals surface area contributed by atoms with E-state index in [1.54, 1.807) is 12.4 Å². The fourth-order valence-corrected chi connectivity index (χ4v) is 1.67. The molecule has 3 nitrogen and oxygen atoms in total. The Morgan fingerprint density at radius 2 is 2.14 bits per heavy atom. The molecule has 14 heavy (non-hydrogen) atoms. The van der Waals surface area contributed by atoms with Gasteiger partial charge in [0.15, 0.2) is 5.84 Å². The van der Waals surface area contributed by atoms with E-state index in [-0.39, 0.29) is 0 Å². The maximum atomic E-state index is 4.51. The molecule has 0 atom stereocenters. The van der Waals surface area contributed by atoms with Gasteiger partial charge in [-0.15, -0.1) is 0 Å². The predicted octanol–water partition coefficient (Wildman–Crippen LogP) is 2.09. The summed E-state index contributed by atoms with van der Waals surface area (Å²) in [7, 11) is 0. The van der Waals surface area contributed by atoms with E-state index in [2.05, 4.69) is 21.0 Å². The first-order valence-electron chi connectivity index (χ1n) is 4.56. The minimum Gasteiger partial charge on any atom is -0.326 e. The molecule has 0 radical (unpaired) electrons. The average Bonchev–Trinajstić information content (AvgIpc) is 2.26. The molecule has 0 saturated heterocycles. The zero-order valence-corrected chi connectivity index (χ0v) is 7.59. The second-order valence-corrected chi connectivity index (χ2v) is 3.30. The van der Waals surface area contributed by atoms with Crippen molar-refractivity contribution in [1.82, 2.24) is 4.90 Å². The highest BCUT2D eigenvalue weighted by molar-refractivity contribution is 6.31. The Labute approximate surface area is 82.1 Å². The highest BCUT2D eigenvalue weighted by atomic mass is 15.2. The standard InChI is InChI=1S/C11H9N3/c1-2-4-10-9(3-1)8-14-6-5-12-7-11(14)13-10/h1-7H,8H2. The number of fused-ring (bicyclic) bond motifs is 2. The minimum absolute atomic E-state index is 0.886. The molecule has 0 amide bonds. The van der Waals surface area contributed by atoms with Crippen molar-refractivity contribution >= 4 is 17.7 Å². The first kappa shape index (κ1) is 7.50. The molecule has 0 unspecified atom stereocenters. The van der Waals surface area contributed by atoms with Crippen LogP contribution >= 0.6 is 0 Å². The Kier molecular flexibility index (Phi) is 1.50. The van der Waals surface area contributed by atoms with Gasteiger partial charge in [0.1, 0.15) is 0 Å². The maximum Gasteiger partial charge on any atom is 0.152 e. The maximum absolute atomic E-state index is 4.51. The number of hydrogen-bond acceptors (Lipinski definition) is 3. The Hall–Kier alpha value is -1.90. The number of hydrogen-bond donors (Lipinski definition) is 0. The first-order valence-corrected chi connectivity index (χ1v) is 4.56. The molecule has 0 saturated carbocycles. The highest BCUT2D eigenvalue weighted by Crippen LogP contribution is 2.26. The summed E-state index contributed by atoms with van der Waals surface area (Å²) in [4.78, 5) is 10.7. The van der Waals surface area contributed by atoms with Crippen LogP contribution in [-0.4, -0.2) is 17.0 Å². The van der Waals surface area contributed by atoms with E-state index in [9.17, 15) is 0 Å². The van der Waals surface area contributed by atoms with Crippen LogP contribution in [0.5, 0.6) is 0 Å². The molecule has 1 aromatic carbocycles. The smallest absolute Gasteiger partial charge is 0.152 e. The van der Waals surface area contributed by atoms with Gasteiger partial charge in [-0.25, -0.2) is 4.99 Å².